The number of nitrogens with one attached hydrogen (secondary N) is 4. The molecular formula is C24H45N13O5. The number of nitrogens with zero attached hydrogens (tertiary/aromatic N) is 3. The van der Waals surface area contributed by atoms with Gasteiger partial charge in [-0.25, -0.2) is 9.78 Å². The van der Waals surface area contributed by atoms with Gasteiger partial charge in [0.15, 0.2) is 11.9 Å². The number of aliphatic carboxylic acids is 1. The molecule has 1 rings (SSSR count). The van der Waals surface area contributed by atoms with Crippen LogP contribution in [0.15, 0.2) is 22.5 Å². The van der Waals surface area contributed by atoms with Crippen LogP contribution < -0.4 is 50.4 Å². The van der Waals surface area contributed by atoms with Gasteiger partial charge in [-0.1, -0.05) is 0 Å². The maximum absolute atomic E-state index is 13.4. The first-order valence-electron chi connectivity index (χ1n) is 13.6. The van der Waals surface area contributed by atoms with Gasteiger partial charge < -0.3 is 60.4 Å². The molecule has 1 heterocycles. The number of aliphatic imine (C=N–C) groups is 2. The lowest BCUT2D eigenvalue weighted by molar-refractivity contribution is -0.142. The Morgan fingerprint density at radius 3 is 1.83 bits per heavy atom. The van der Waals surface area contributed by atoms with Gasteiger partial charge >= 0.3 is 5.97 Å². The molecule has 0 aliphatic heterocycles. The molecule has 0 saturated heterocycles. The fraction of sp³-hybridized carbons (Fsp3) is 0.625. The lowest BCUT2D eigenvalue weighted by atomic mass is 10.0. The summed E-state index contributed by atoms with van der Waals surface area (Å²) in [7, 11) is 0. The highest BCUT2D eigenvalue weighted by Crippen LogP contribution is 2.07. The maximum Gasteiger partial charge on any atom is 0.326 e. The van der Waals surface area contributed by atoms with Gasteiger partial charge in [0.05, 0.1) is 12.4 Å². The van der Waals surface area contributed by atoms with E-state index < -0.39 is 47.9 Å². The molecule has 0 radical (unpaired) electrons. The van der Waals surface area contributed by atoms with E-state index in [-0.39, 0.29) is 50.7 Å². The van der Waals surface area contributed by atoms with E-state index in [4.69, 9.17) is 34.4 Å². The van der Waals surface area contributed by atoms with Gasteiger partial charge in [0.2, 0.25) is 17.7 Å². The van der Waals surface area contributed by atoms with Gasteiger partial charge in [-0.2, -0.15) is 0 Å². The fourth-order valence-corrected chi connectivity index (χ4v) is 3.82. The molecule has 0 aliphatic rings. The van der Waals surface area contributed by atoms with Gasteiger partial charge in [-0.05, 0) is 51.5 Å². The number of aromatic amines is 1. The number of H-pyrrole nitrogens is 1. The topological polar surface area (TPSA) is 334 Å². The summed E-state index contributed by atoms with van der Waals surface area (Å²) in [6, 6.07) is -4.41. The molecule has 0 spiro atoms. The van der Waals surface area contributed by atoms with E-state index in [0.29, 0.717) is 37.9 Å². The molecule has 0 aromatic carbocycles. The zero-order valence-electron chi connectivity index (χ0n) is 23.6. The Kier molecular flexibility index (Phi) is 16.6. The summed E-state index contributed by atoms with van der Waals surface area (Å²) in [6.45, 7) is 0.842. The first-order valence-corrected chi connectivity index (χ1v) is 13.6. The number of amides is 3. The lowest BCUT2D eigenvalue weighted by Crippen LogP contribution is -2.57. The van der Waals surface area contributed by atoms with Crippen LogP contribution in [0, 0.1) is 0 Å². The molecule has 236 valence electrons. The number of carbonyl (C=O) groups is 4. The predicted octanol–water partition coefficient (Wildman–Crippen LogP) is -3.95. The van der Waals surface area contributed by atoms with Crippen molar-refractivity contribution in [3.05, 3.63) is 18.2 Å². The Bertz CT molecular complexity index is 1040. The molecule has 0 bridgehead atoms. The summed E-state index contributed by atoms with van der Waals surface area (Å²) < 4.78 is 0. The van der Waals surface area contributed by atoms with Crippen LogP contribution in [-0.4, -0.2) is 94.5 Å². The third-order valence-corrected chi connectivity index (χ3v) is 6.06. The van der Waals surface area contributed by atoms with Crippen LogP contribution in [-0.2, 0) is 25.6 Å². The number of unbranched alkanes of at least 4 members (excludes halogenated alkanes) is 1. The molecule has 1 aromatic heterocycles. The SMILES string of the molecule is NCCCCC(NC(=O)C(CCCN=C(N)N)NC(=O)C(N)CCCN=C(N)N)C(=O)NC(Cc1cnc[nH]1)C(=O)O. The van der Waals surface area contributed by atoms with E-state index in [1.165, 1.54) is 12.5 Å². The van der Waals surface area contributed by atoms with Crippen LogP contribution in [0.1, 0.15) is 50.6 Å². The molecule has 18 heteroatoms. The Hall–Kier alpha value is -4.45. The molecule has 4 atom stereocenters. The van der Waals surface area contributed by atoms with Crippen LogP contribution in [0.3, 0.4) is 0 Å². The Balaban J connectivity index is 3.00. The van der Waals surface area contributed by atoms with Crippen molar-refractivity contribution in [2.45, 2.75) is 75.5 Å². The summed E-state index contributed by atoms with van der Waals surface area (Å²) in [5.41, 5.74) is 33.4. The van der Waals surface area contributed by atoms with Crippen molar-refractivity contribution in [2.24, 2.45) is 44.4 Å². The second-order valence-corrected chi connectivity index (χ2v) is 9.59. The Morgan fingerprint density at radius 2 is 1.33 bits per heavy atom. The van der Waals surface area contributed by atoms with Crippen LogP contribution in [0.5, 0.6) is 0 Å². The molecule has 1 aromatic rings. The van der Waals surface area contributed by atoms with Crippen LogP contribution >= 0.6 is 0 Å². The zero-order chi connectivity index (χ0) is 31.5. The molecule has 0 aliphatic carbocycles. The molecule has 17 N–H and O–H groups in total. The quantitative estimate of drug-likeness (QED) is 0.0368. The first-order chi connectivity index (χ1) is 19.9. The fourth-order valence-electron chi connectivity index (χ4n) is 3.82. The van der Waals surface area contributed by atoms with Gasteiger partial charge in [0, 0.05) is 31.4 Å². The summed E-state index contributed by atoms with van der Waals surface area (Å²) in [6.07, 6.45) is 5.17. The number of guanidine groups is 2. The van der Waals surface area contributed by atoms with Gasteiger partial charge in [0.25, 0.3) is 0 Å². The number of carboxylic acid groups (broad SMARTS) is 1. The number of imidazole rings is 1. The van der Waals surface area contributed by atoms with Crippen molar-refractivity contribution in [2.75, 3.05) is 19.6 Å². The van der Waals surface area contributed by atoms with E-state index in [0.717, 1.165) is 0 Å². The summed E-state index contributed by atoms with van der Waals surface area (Å²) in [5.74, 6) is -3.41. The van der Waals surface area contributed by atoms with E-state index in [1.54, 1.807) is 0 Å². The smallest absolute Gasteiger partial charge is 0.326 e. The Labute approximate surface area is 243 Å². The molecule has 0 fully saturated rings. The maximum atomic E-state index is 13.4. The number of nitrogens with two attached hydrogens (primary N) is 6. The number of rotatable bonds is 21. The monoisotopic (exact) mass is 595 g/mol. The van der Waals surface area contributed by atoms with Crippen molar-refractivity contribution in [1.82, 2.24) is 25.9 Å². The minimum atomic E-state index is -1.28. The van der Waals surface area contributed by atoms with Crippen molar-refractivity contribution in [1.29, 1.82) is 0 Å². The highest BCUT2D eigenvalue weighted by molar-refractivity contribution is 5.94. The van der Waals surface area contributed by atoms with Crippen LogP contribution in [0.2, 0.25) is 0 Å². The summed E-state index contributed by atoms with van der Waals surface area (Å²) >= 11 is 0. The summed E-state index contributed by atoms with van der Waals surface area (Å²) in [5, 5.41) is 17.4. The second kappa shape index (κ2) is 19.6. The third kappa shape index (κ3) is 14.8. The number of carboxylic acids is 1. The van der Waals surface area contributed by atoms with Crippen LogP contribution in [0.4, 0.5) is 0 Å². The van der Waals surface area contributed by atoms with E-state index >= 15 is 0 Å². The summed E-state index contributed by atoms with van der Waals surface area (Å²) in [4.78, 5) is 65.5. The number of hydrogen-bond acceptors (Lipinski definition) is 9. The zero-order valence-corrected chi connectivity index (χ0v) is 23.6. The molecular weight excluding hydrogens is 550 g/mol. The number of hydrogen-bond donors (Lipinski definition) is 11. The van der Waals surface area contributed by atoms with Crippen molar-refractivity contribution >= 4 is 35.6 Å². The highest BCUT2D eigenvalue weighted by Gasteiger charge is 2.30. The average molecular weight is 596 g/mol. The van der Waals surface area contributed by atoms with Crippen molar-refractivity contribution in [3.63, 3.8) is 0 Å². The predicted molar refractivity (Wildman–Crippen MR) is 156 cm³/mol. The van der Waals surface area contributed by atoms with Gasteiger partial charge in [0.1, 0.15) is 18.1 Å². The van der Waals surface area contributed by atoms with Gasteiger partial charge in [-0.3, -0.25) is 24.4 Å². The normalized spacial score (nSPS) is 13.6. The van der Waals surface area contributed by atoms with Gasteiger partial charge in [-0.15, -0.1) is 0 Å². The Morgan fingerprint density at radius 1 is 0.810 bits per heavy atom. The standard InChI is InChI=1S/C24H45N13O5/c25-8-2-1-6-16(21(40)37-18(22(41)42)11-14-12-31-13-34-14)36-20(39)17(7-4-10-33-24(29)30)35-19(38)15(26)5-3-9-32-23(27)28/h12-13,15-18H,1-11,25-26H2,(H,31,34)(H,35,38)(H,36,39)(H,37,40)(H,41,42)(H4,27,28,32)(H4,29,30,33). The second-order valence-electron chi connectivity index (χ2n) is 9.59. The van der Waals surface area contributed by atoms with Crippen LogP contribution in [0.25, 0.3) is 0 Å². The molecule has 18 nitrogen and oxygen atoms in total. The largest absolute Gasteiger partial charge is 0.480 e. The average Bonchev–Trinajstić information content (AvgIpc) is 3.44. The minimum Gasteiger partial charge on any atom is -0.480 e. The lowest BCUT2D eigenvalue weighted by Gasteiger charge is -2.25. The minimum absolute atomic E-state index is 0.0465. The number of aromatic nitrogens is 2. The number of carbonyl (C=O) groups excluding carboxylic acids is 3. The van der Waals surface area contributed by atoms with E-state index in [1.807, 2.05) is 0 Å². The molecule has 42 heavy (non-hydrogen) atoms. The third-order valence-electron chi connectivity index (χ3n) is 6.06. The van der Waals surface area contributed by atoms with E-state index in [2.05, 4.69) is 35.9 Å². The van der Waals surface area contributed by atoms with E-state index in [9.17, 15) is 24.3 Å². The van der Waals surface area contributed by atoms with Crippen molar-refractivity contribution < 1.29 is 24.3 Å². The van der Waals surface area contributed by atoms with Crippen molar-refractivity contribution in [3.8, 4) is 0 Å². The molecule has 0 saturated carbocycles. The highest BCUT2D eigenvalue weighted by atomic mass is 16.4. The molecule has 3 amide bonds. The first kappa shape index (κ1) is 35.6. The molecule has 4 unspecified atom stereocenters.